The van der Waals surface area contributed by atoms with Crippen molar-refractivity contribution in [3.8, 4) is 10.8 Å². The van der Waals surface area contributed by atoms with Crippen molar-refractivity contribution in [2.45, 2.75) is 39.3 Å². The van der Waals surface area contributed by atoms with Gasteiger partial charge in [0.15, 0.2) is 5.96 Å². The zero-order valence-corrected chi connectivity index (χ0v) is 19.2. The highest BCUT2D eigenvalue weighted by atomic mass is 32.1. The molecule has 9 heteroatoms. The largest absolute Gasteiger partial charge is 0.443 e. The van der Waals surface area contributed by atoms with Crippen molar-refractivity contribution in [2.24, 2.45) is 4.99 Å². The van der Waals surface area contributed by atoms with Crippen LogP contribution < -0.4 is 5.32 Å². The monoisotopic (exact) mass is 444 g/mol. The minimum Gasteiger partial charge on any atom is -0.443 e. The second-order valence-corrected chi connectivity index (χ2v) is 8.97. The van der Waals surface area contributed by atoms with Crippen LogP contribution in [0.25, 0.3) is 10.8 Å². The lowest BCUT2D eigenvalue weighted by atomic mass is 10.2. The summed E-state index contributed by atoms with van der Waals surface area (Å²) in [7, 11) is 0. The van der Waals surface area contributed by atoms with Crippen LogP contribution in [-0.2, 0) is 11.3 Å². The van der Waals surface area contributed by atoms with Crippen molar-refractivity contribution >= 4 is 23.2 Å². The van der Waals surface area contributed by atoms with Gasteiger partial charge in [0.05, 0.1) is 17.5 Å². The van der Waals surface area contributed by atoms with Gasteiger partial charge in [-0.2, -0.15) is 0 Å². The maximum absolute atomic E-state index is 12.7. The zero-order valence-electron chi connectivity index (χ0n) is 18.4. The maximum atomic E-state index is 12.7. The van der Waals surface area contributed by atoms with Crippen LogP contribution in [0.1, 0.15) is 32.4 Å². The molecule has 2 aromatic rings. The molecule has 0 aliphatic carbocycles. The maximum Gasteiger partial charge on any atom is 0.239 e. The first kappa shape index (κ1) is 21.8. The summed E-state index contributed by atoms with van der Waals surface area (Å²) in [4.78, 5) is 29.7. The van der Waals surface area contributed by atoms with E-state index in [1.54, 1.807) is 17.6 Å². The molecule has 0 bridgehead atoms. The van der Waals surface area contributed by atoms with E-state index in [4.69, 9.17) is 9.41 Å². The Labute approximate surface area is 187 Å². The first-order chi connectivity index (χ1) is 15.2. The van der Waals surface area contributed by atoms with Gasteiger partial charge in [0.2, 0.25) is 11.8 Å². The van der Waals surface area contributed by atoms with Gasteiger partial charge in [0.25, 0.3) is 0 Å². The van der Waals surface area contributed by atoms with E-state index in [0.29, 0.717) is 12.4 Å². The molecular weight excluding hydrogens is 412 g/mol. The van der Waals surface area contributed by atoms with E-state index >= 15 is 0 Å². The van der Waals surface area contributed by atoms with Crippen LogP contribution >= 0.6 is 11.3 Å². The van der Waals surface area contributed by atoms with Crippen LogP contribution in [0.3, 0.4) is 0 Å². The number of oxazole rings is 1. The summed E-state index contributed by atoms with van der Waals surface area (Å²) < 4.78 is 5.61. The fraction of sp³-hybridized carbons (Fsp3) is 0.591. The molecule has 1 N–H and O–H groups in total. The van der Waals surface area contributed by atoms with E-state index < -0.39 is 0 Å². The van der Waals surface area contributed by atoms with Crippen molar-refractivity contribution in [1.82, 2.24) is 25.0 Å². The first-order valence-corrected chi connectivity index (χ1v) is 12.1. The number of carbonyl (C=O) groups is 1. The average Bonchev–Trinajstić information content (AvgIpc) is 3.57. The molecule has 0 radical (unpaired) electrons. The fourth-order valence-corrected chi connectivity index (χ4v) is 4.81. The highest BCUT2D eigenvalue weighted by molar-refractivity contribution is 7.13. The number of likely N-dealkylation sites (tertiary alicyclic amines) is 1. The number of guanidine groups is 1. The molecule has 31 heavy (non-hydrogen) atoms. The molecule has 1 amide bonds. The summed E-state index contributed by atoms with van der Waals surface area (Å²) in [6.07, 6.45) is 3.95. The van der Waals surface area contributed by atoms with Crippen molar-refractivity contribution < 1.29 is 9.21 Å². The number of nitrogens with zero attached hydrogens (tertiary/aromatic N) is 5. The molecule has 8 nitrogen and oxygen atoms in total. The minimum atomic E-state index is -0.0504. The molecule has 4 rings (SSSR count). The fourth-order valence-electron chi connectivity index (χ4n) is 4.15. The zero-order chi connectivity index (χ0) is 21.6. The quantitative estimate of drug-likeness (QED) is 0.545. The molecule has 2 fully saturated rings. The van der Waals surface area contributed by atoms with Gasteiger partial charge in [0.1, 0.15) is 12.0 Å². The lowest BCUT2D eigenvalue weighted by Gasteiger charge is -2.39. The van der Waals surface area contributed by atoms with Gasteiger partial charge in [-0.1, -0.05) is 6.07 Å². The Balaban J connectivity index is 1.33. The second-order valence-electron chi connectivity index (χ2n) is 8.02. The average molecular weight is 445 g/mol. The van der Waals surface area contributed by atoms with Crippen LogP contribution in [0.2, 0.25) is 0 Å². The van der Waals surface area contributed by atoms with Crippen molar-refractivity contribution in [3.05, 3.63) is 29.5 Å². The van der Waals surface area contributed by atoms with E-state index in [-0.39, 0.29) is 11.9 Å². The van der Waals surface area contributed by atoms with Crippen molar-refractivity contribution in [3.63, 3.8) is 0 Å². The molecule has 2 aromatic heterocycles. The number of rotatable bonds is 6. The van der Waals surface area contributed by atoms with Crippen molar-refractivity contribution in [1.29, 1.82) is 0 Å². The topological polar surface area (TPSA) is 77.2 Å². The number of nitrogens with one attached hydrogen (secondary N) is 1. The third kappa shape index (κ3) is 5.27. The lowest BCUT2D eigenvalue weighted by molar-refractivity contribution is -0.135. The predicted octanol–water partition coefficient (Wildman–Crippen LogP) is 2.50. The van der Waals surface area contributed by atoms with Gasteiger partial charge in [-0.05, 0) is 38.1 Å². The first-order valence-electron chi connectivity index (χ1n) is 11.2. The van der Waals surface area contributed by atoms with Crippen molar-refractivity contribution in [2.75, 3.05) is 45.8 Å². The van der Waals surface area contributed by atoms with Crippen LogP contribution in [0.15, 0.2) is 33.2 Å². The van der Waals surface area contributed by atoms with E-state index in [0.717, 1.165) is 75.2 Å². The van der Waals surface area contributed by atoms with Gasteiger partial charge in [-0.3, -0.25) is 9.69 Å². The van der Waals surface area contributed by atoms with Gasteiger partial charge in [-0.25, -0.2) is 9.98 Å². The summed E-state index contributed by atoms with van der Waals surface area (Å²) in [5, 5.41) is 5.41. The van der Waals surface area contributed by atoms with E-state index in [1.165, 1.54) is 0 Å². The minimum absolute atomic E-state index is 0.0504. The molecule has 2 aliphatic rings. The molecule has 2 aliphatic heterocycles. The molecule has 2 saturated heterocycles. The Morgan fingerprint density at radius 2 is 2.00 bits per heavy atom. The Hall–Kier alpha value is -2.39. The van der Waals surface area contributed by atoms with E-state index in [2.05, 4.69) is 27.0 Å². The smallest absolute Gasteiger partial charge is 0.239 e. The predicted molar refractivity (Wildman–Crippen MR) is 123 cm³/mol. The standard InChI is InChI=1S/C22H32N6O2S/c1-3-23-22(24-15-18-16-30-20(25-18)19-7-6-14-31-19)28-12-10-26(11-13-28)17(2)21(29)27-8-4-5-9-27/h6-7,14,16-17H,3-5,8-13,15H2,1-2H3,(H,23,24). The SMILES string of the molecule is CCNC(=NCc1coc(-c2cccs2)n1)N1CCN(C(C)C(=O)N2CCCC2)CC1. The number of piperazine rings is 1. The number of amides is 1. The molecule has 0 saturated carbocycles. The Bertz CT molecular complexity index is 866. The second kappa shape index (κ2) is 10.3. The molecule has 1 unspecified atom stereocenters. The third-order valence-corrected chi connectivity index (χ3v) is 6.80. The molecule has 1 atom stereocenters. The molecule has 4 heterocycles. The normalized spacial score (nSPS) is 19.1. The highest BCUT2D eigenvalue weighted by Crippen LogP contribution is 2.23. The molecule has 0 aromatic carbocycles. The Morgan fingerprint density at radius 1 is 1.23 bits per heavy atom. The number of carbonyl (C=O) groups excluding carboxylic acids is 1. The number of hydrogen-bond donors (Lipinski definition) is 1. The number of thiophene rings is 1. The van der Waals surface area contributed by atoms with E-state index in [1.807, 2.05) is 29.3 Å². The van der Waals surface area contributed by atoms with E-state index in [9.17, 15) is 4.79 Å². The van der Waals surface area contributed by atoms with Crippen LogP contribution in [0.4, 0.5) is 0 Å². The molecular formula is C22H32N6O2S. The number of aromatic nitrogens is 1. The van der Waals surface area contributed by atoms with Gasteiger partial charge < -0.3 is 19.5 Å². The summed E-state index contributed by atoms with van der Waals surface area (Å²) >= 11 is 1.61. The van der Waals surface area contributed by atoms with Gasteiger partial charge in [-0.15, -0.1) is 11.3 Å². The summed E-state index contributed by atoms with van der Waals surface area (Å²) in [5.74, 6) is 1.82. The highest BCUT2D eigenvalue weighted by Gasteiger charge is 2.30. The summed E-state index contributed by atoms with van der Waals surface area (Å²) in [5.41, 5.74) is 0.822. The Kier molecular flexibility index (Phi) is 7.24. The summed E-state index contributed by atoms with van der Waals surface area (Å²) in [6.45, 7) is 10.6. The molecule has 0 spiro atoms. The van der Waals surface area contributed by atoms with Crippen LogP contribution in [-0.4, -0.2) is 83.4 Å². The van der Waals surface area contributed by atoms with Gasteiger partial charge >= 0.3 is 0 Å². The molecule has 168 valence electrons. The summed E-state index contributed by atoms with van der Waals surface area (Å²) in [6, 6.07) is 3.94. The lowest BCUT2D eigenvalue weighted by Crippen LogP contribution is -2.57. The number of hydrogen-bond acceptors (Lipinski definition) is 6. The van der Waals surface area contributed by atoms with Crippen LogP contribution in [0.5, 0.6) is 0 Å². The van der Waals surface area contributed by atoms with Gasteiger partial charge in [0, 0.05) is 45.8 Å². The van der Waals surface area contributed by atoms with Crippen LogP contribution in [0, 0.1) is 0 Å². The Morgan fingerprint density at radius 3 is 2.68 bits per heavy atom. The third-order valence-electron chi connectivity index (χ3n) is 5.95. The number of aliphatic imine (C=N–C) groups is 1.